The van der Waals surface area contributed by atoms with E-state index in [-0.39, 0.29) is 24.6 Å². The summed E-state index contributed by atoms with van der Waals surface area (Å²) in [6, 6.07) is 7.82. The lowest BCUT2D eigenvalue weighted by atomic mass is 9.77. The van der Waals surface area contributed by atoms with Gasteiger partial charge in [0.2, 0.25) is 0 Å². The Balaban J connectivity index is 0.00000128. The summed E-state index contributed by atoms with van der Waals surface area (Å²) in [5.41, 5.74) is 8.35. The molecule has 1 aromatic rings. The summed E-state index contributed by atoms with van der Waals surface area (Å²) >= 11 is 0. The summed E-state index contributed by atoms with van der Waals surface area (Å²) in [5.74, 6) is 0.416. The second-order valence-electron chi connectivity index (χ2n) is 4.56. The van der Waals surface area contributed by atoms with Crippen molar-refractivity contribution in [2.45, 2.75) is 38.3 Å². The van der Waals surface area contributed by atoms with E-state index in [2.05, 4.69) is 0 Å². The predicted octanol–water partition coefficient (Wildman–Crippen LogP) is 2.58. The number of hydrogen-bond donors (Lipinski definition) is 2. The summed E-state index contributed by atoms with van der Waals surface area (Å²) in [5, 5.41) is 10.1. The Morgan fingerprint density at radius 3 is 2.44 bits per heavy atom. The third-order valence-electron chi connectivity index (χ3n) is 3.55. The molecular weight excluding hydrogens is 222 g/mol. The Morgan fingerprint density at radius 1 is 1.31 bits per heavy atom. The van der Waals surface area contributed by atoms with E-state index in [4.69, 9.17) is 5.73 Å². The first-order chi connectivity index (χ1) is 7.20. The highest BCUT2D eigenvalue weighted by atomic mass is 35.5. The standard InChI is InChI=1S/C13H19NO.ClH/c1-9-5-2-3-8-11(9)12(14)13(15)10-6-4-7-10;/h2-3,5,8,10,12-13,15H,4,6-7,14H2,1H3;1H/t12-,13+;/m1./s1. The summed E-state index contributed by atoms with van der Waals surface area (Å²) < 4.78 is 0. The average molecular weight is 242 g/mol. The van der Waals surface area contributed by atoms with Gasteiger partial charge in [-0.25, -0.2) is 0 Å². The molecule has 1 aliphatic rings. The minimum atomic E-state index is -0.375. The second kappa shape index (κ2) is 5.67. The number of hydrogen-bond acceptors (Lipinski definition) is 2. The van der Waals surface area contributed by atoms with Crippen LogP contribution in [-0.2, 0) is 0 Å². The zero-order chi connectivity index (χ0) is 10.8. The van der Waals surface area contributed by atoms with Crippen molar-refractivity contribution >= 4 is 12.4 Å². The Hall–Kier alpha value is -0.570. The highest BCUT2D eigenvalue weighted by molar-refractivity contribution is 5.85. The van der Waals surface area contributed by atoms with Crippen LogP contribution in [0, 0.1) is 12.8 Å². The SMILES string of the molecule is Cc1ccccc1[C@@H](N)[C@@H](O)C1CCC1.Cl. The molecule has 90 valence electrons. The van der Waals surface area contributed by atoms with Crippen LogP contribution in [-0.4, -0.2) is 11.2 Å². The molecule has 0 aromatic heterocycles. The molecule has 0 unspecified atom stereocenters. The number of aliphatic hydroxyl groups excluding tert-OH is 1. The second-order valence-corrected chi connectivity index (χ2v) is 4.56. The molecule has 0 spiro atoms. The van der Waals surface area contributed by atoms with Crippen LogP contribution in [0.1, 0.15) is 36.4 Å². The van der Waals surface area contributed by atoms with Gasteiger partial charge in [-0.3, -0.25) is 0 Å². The minimum absolute atomic E-state index is 0. The molecule has 0 radical (unpaired) electrons. The van der Waals surface area contributed by atoms with E-state index in [0.29, 0.717) is 5.92 Å². The number of rotatable bonds is 3. The van der Waals surface area contributed by atoms with Gasteiger partial charge in [-0.05, 0) is 36.8 Å². The van der Waals surface area contributed by atoms with Gasteiger partial charge in [-0.1, -0.05) is 30.7 Å². The van der Waals surface area contributed by atoms with Gasteiger partial charge in [0.05, 0.1) is 12.1 Å². The normalized spacial score (nSPS) is 19.4. The van der Waals surface area contributed by atoms with E-state index in [1.807, 2.05) is 31.2 Å². The van der Waals surface area contributed by atoms with Crippen molar-refractivity contribution in [1.29, 1.82) is 0 Å². The summed E-state index contributed by atoms with van der Waals surface area (Å²) in [4.78, 5) is 0. The summed E-state index contributed by atoms with van der Waals surface area (Å²) in [6.45, 7) is 2.04. The average Bonchev–Trinajstić information content (AvgIpc) is 2.15. The maximum absolute atomic E-state index is 10.1. The molecule has 1 saturated carbocycles. The molecule has 0 heterocycles. The summed E-state index contributed by atoms with van der Waals surface area (Å²) in [6.07, 6.45) is 3.11. The predicted molar refractivity (Wildman–Crippen MR) is 68.7 cm³/mol. The number of halogens is 1. The lowest BCUT2D eigenvalue weighted by Crippen LogP contribution is -2.36. The third-order valence-corrected chi connectivity index (χ3v) is 3.55. The fourth-order valence-electron chi connectivity index (χ4n) is 2.22. The Kier molecular flexibility index (Phi) is 4.78. The van der Waals surface area contributed by atoms with Crippen molar-refractivity contribution in [3.63, 3.8) is 0 Å². The van der Waals surface area contributed by atoms with E-state index < -0.39 is 0 Å². The van der Waals surface area contributed by atoms with Crippen LogP contribution in [0.15, 0.2) is 24.3 Å². The number of benzene rings is 1. The van der Waals surface area contributed by atoms with Gasteiger partial charge < -0.3 is 10.8 Å². The van der Waals surface area contributed by atoms with E-state index in [9.17, 15) is 5.11 Å². The first kappa shape index (κ1) is 13.5. The van der Waals surface area contributed by atoms with Gasteiger partial charge >= 0.3 is 0 Å². The molecule has 2 nitrogen and oxygen atoms in total. The molecule has 2 rings (SSSR count). The lowest BCUT2D eigenvalue weighted by Gasteiger charge is -2.34. The van der Waals surface area contributed by atoms with Gasteiger partial charge in [0, 0.05) is 0 Å². The third kappa shape index (κ3) is 2.57. The molecule has 16 heavy (non-hydrogen) atoms. The van der Waals surface area contributed by atoms with Crippen LogP contribution in [0.25, 0.3) is 0 Å². The molecule has 3 N–H and O–H groups in total. The van der Waals surface area contributed by atoms with Crippen molar-refractivity contribution in [1.82, 2.24) is 0 Å². The highest BCUT2D eigenvalue weighted by Crippen LogP contribution is 2.34. The van der Waals surface area contributed by atoms with Crippen LogP contribution in [0.3, 0.4) is 0 Å². The first-order valence-corrected chi connectivity index (χ1v) is 5.69. The molecule has 3 heteroatoms. The Labute approximate surface area is 103 Å². The quantitative estimate of drug-likeness (QED) is 0.855. The Bertz CT molecular complexity index is 338. The fraction of sp³-hybridized carbons (Fsp3) is 0.538. The zero-order valence-electron chi connectivity index (χ0n) is 9.60. The fourth-order valence-corrected chi connectivity index (χ4v) is 2.22. The molecule has 0 amide bonds. The molecule has 1 aromatic carbocycles. The zero-order valence-corrected chi connectivity index (χ0v) is 10.4. The van der Waals surface area contributed by atoms with Crippen LogP contribution < -0.4 is 5.73 Å². The molecule has 1 fully saturated rings. The number of nitrogens with two attached hydrogens (primary N) is 1. The van der Waals surface area contributed by atoms with Gasteiger partial charge in [0.25, 0.3) is 0 Å². The number of aryl methyl sites for hydroxylation is 1. The lowest BCUT2D eigenvalue weighted by molar-refractivity contribution is 0.0412. The van der Waals surface area contributed by atoms with Crippen LogP contribution in [0.2, 0.25) is 0 Å². The number of aliphatic hydroxyl groups is 1. The van der Waals surface area contributed by atoms with E-state index in [1.165, 1.54) is 12.0 Å². The minimum Gasteiger partial charge on any atom is -0.391 e. The molecular formula is C13H20ClNO. The van der Waals surface area contributed by atoms with E-state index >= 15 is 0 Å². The smallest absolute Gasteiger partial charge is 0.0760 e. The topological polar surface area (TPSA) is 46.2 Å². The van der Waals surface area contributed by atoms with Crippen LogP contribution in [0.4, 0.5) is 0 Å². The van der Waals surface area contributed by atoms with Crippen molar-refractivity contribution in [2.75, 3.05) is 0 Å². The first-order valence-electron chi connectivity index (χ1n) is 5.69. The molecule has 0 saturated heterocycles. The molecule has 2 atom stereocenters. The van der Waals surface area contributed by atoms with Gasteiger partial charge in [-0.2, -0.15) is 0 Å². The van der Waals surface area contributed by atoms with E-state index in [0.717, 1.165) is 18.4 Å². The highest BCUT2D eigenvalue weighted by Gasteiger charge is 2.30. The van der Waals surface area contributed by atoms with Crippen molar-refractivity contribution in [2.24, 2.45) is 11.7 Å². The maximum Gasteiger partial charge on any atom is 0.0760 e. The van der Waals surface area contributed by atoms with Crippen LogP contribution in [0.5, 0.6) is 0 Å². The largest absolute Gasteiger partial charge is 0.391 e. The van der Waals surface area contributed by atoms with Crippen LogP contribution >= 0.6 is 12.4 Å². The van der Waals surface area contributed by atoms with E-state index in [1.54, 1.807) is 0 Å². The Morgan fingerprint density at radius 2 is 1.94 bits per heavy atom. The van der Waals surface area contributed by atoms with Crippen molar-refractivity contribution < 1.29 is 5.11 Å². The summed E-state index contributed by atoms with van der Waals surface area (Å²) in [7, 11) is 0. The maximum atomic E-state index is 10.1. The van der Waals surface area contributed by atoms with Gasteiger partial charge in [-0.15, -0.1) is 12.4 Å². The molecule has 1 aliphatic carbocycles. The monoisotopic (exact) mass is 241 g/mol. The van der Waals surface area contributed by atoms with Crippen molar-refractivity contribution in [3.8, 4) is 0 Å². The molecule has 0 aliphatic heterocycles. The molecule has 0 bridgehead atoms. The van der Waals surface area contributed by atoms with Gasteiger partial charge in [0.1, 0.15) is 0 Å². The van der Waals surface area contributed by atoms with Crippen molar-refractivity contribution in [3.05, 3.63) is 35.4 Å². The van der Waals surface area contributed by atoms with Gasteiger partial charge in [0.15, 0.2) is 0 Å².